The minimum atomic E-state index is -5.59. The van der Waals surface area contributed by atoms with E-state index in [0.29, 0.717) is 5.75 Å². The van der Waals surface area contributed by atoms with Gasteiger partial charge in [0.15, 0.2) is 17.7 Å². The maximum absolute atomic E-state index is 12.8. The SMILES string of the molecule is CC/C=C\C/C=C\C/C=C\C/C=C\C/C=C\CCCCCCCCCCC/C=C/C(=O)SCCNC(=O)CCNC(=O)[C@H](O)C(C)(C)COP(=O)(O)OP(=O)(O)OC[C@H]1O[C@@H](n2cnc3c(N)ncnc32)[C@H](O)[C@@H]1OP(=O)(O)O. The molecule has 0 spiro atoms. The number of nitrogens with two attached hydrogens (primary N) is 1. The zero-order valence-corrected chi connectivity index (χ0v) is 48.8. The van der Waals surface area contributed by atoms with Crippen molar-refractivity contribution in [2.75, 3.05) is 37.8 Å². The summed E-state index contributed by atoms with van der Waals surface area (Å²) < 4.78 is 62.6. The summed E-state index contributed by atoms with van der Waals surface area (Å²) in [5, 5.41) is 26.5. The van der Waals surface area contributed by atoms with E-state index in [1.165, 1.54) is 58.8 Å². The quantitative estimate of drug-likeness (QED) is 0.0131. The first-order chi connectivity index (χ1) is 37.6. The van der Waals surface area contributed by atoms with E-state index in [9.17, 15) is 57.9 Å². The summed E-state index contributed by atoms with van der Waals surface area (Å²) in [5.41, 5.74) is 4.28. The molecule has 2 amide bonds. The van der Waals surface area contributed by atoms with E-state index in [0.717, 1.165) is 86.8 Å². The van der Waals surface area contributed by atoms with Crippen molar-refractivity contribution < 1.29 is 80.5 Å². The molecule has 10 N–H and O–H groups in total. The van der Waals surface area contributed by atoms with Gasteiger partial charge in [-0.25, -0.2) is 28.6 Å². The van der Waals surface area contributed by atoms with Gasteiger partial charge in [-0.2, -0.15) is 4.31 Å². The van der Waals surface area contributed by atoms with Gasteiger partial charge < -0.3 is 50.9 Å². The van der Waals surface area contributed by atoms with Crippen LogP contribution in [0, 0.1) is 5.41 Å². The number of thioether (sulfide) groups is 1. The fourth-order valence-corrected chi connectivity index (χ4v) is 11.1. The third-order valence-corrected chi connectivity index (χ3v) is 15.8. The summed E-state index contributed by atoms with van der Waals surface area (Å²) in [6, 6.07) is 0. The van der Waals surface area contributed by atoms with Gasteiger partial charge >= 0.3 is 23.5 Å². The number of fused-ring (bicyclic) bond motifs is 1. The van der Waals surface area contributed by atoms with Gasteiger partial charge in [-0.3, -0.25) is 32.5 Å². The van der Waals surface area contributed by atoms with Crippen molar-refractivity contribution in [3.63, 3.8) is 0 Å². The first-order valence-corrected chi connectivity index (χ1v) is 32.0. The number of unbranched alkanes of at least 4 members (excludes halogenated alkanes) is 10. The van der Waals surface area contributed by atoms with Crippen molar-refractivity contribution in [3.8, 4) is 0 Å². The molecule has 0 saturated carbocycles. The van der Waals surface area contributed by atoms with E-state index in [2.05, 4.69) is 102 Å². The number of hydrogen-bond acceptors (Lipinski definition) is 18. The average Bonchev–Trinajstić information content (AvgIpc) is 4.12. The number of phosphoric acid groups is 3. The highest BCUT2D eigenvalue weighted by atomic mass is 32.2. The van der Waals surface area contributed by atoms with Crippen LogP contribution in [0.1, 0.15) is 136 Å². The molecule has 2 unspecified atom stereocenters. The zero-order chi connectivity index (χ0) is 58.2. The van der Waals surface area contributed by atoms with E-state index in [1.807, 2.05) is 6.08 Å². The molecule has 7 atom stereocenters. The molecule has 0 aliphatic carbocycles. The van der Waals surface area contributed by atoms with Gasteiger partial charge in [0.2, 0.25) is 16.9 Å². The number of nitrogen functional groups attached to an aromatic ring is 1. The number of carbonyl (C=O) groups excluding carboxylic acids is 3. The van der Waals surface area contributed by atoms with Gasteiger partial charge in [0.1, 0.15) is 36.3 Å². The monoisotopic (exact) mass is 1190 g/mol. The number of aliphatic hydroxyl groups is 2. The third kappa shape index (κ3) is 29.0. The Hall–Kier alpha value is -4.00. The standard InChI is InChI=1S/C51H82N7O17P3S/c1-4-5-6-7-8-9-10-11-12-13-14-15-16-17-18-19-20-21-22-23-24-25-26-27-28-29-30-31-42(60)79-35-34-53-41(59)32-33-54-49(63)46(62)51(2,3)37-72-78(69,70)75-77(67,68)71-36-40-45(74-76(64,65)66)44(61)50(73-40)58-39-57-43-47(52)55-38-56-48(43)58/h5-6,8-9,11-12,14-15,17-18,30-31,38-40,44-46,50,61-62H,4,7,10,13,16,19-29,32-37H2,1-3H3,(H,53,59)(H,54,63)(H,67,68)(H,69,70)(H2,52,55,56)(H2,64,65,66)/b6-5-,9-8-,12-11-,15-14-,18-17-,31-30+/t40-,44-,45-,46+,50-/m1/s1. The molecule has 444 valence electrons. The Labute approximate surface area is 467 Å². The van der Waals surface area contributed by atoms with Crippen molar-refractivity contribution in [1.29, 1.82) is 0 Å². The summed E-state index contributed by atoms with van der Waals surface area (Å²) in [5.74, 6) is -1.11. The summed E-state index contributed by atoms with van der Waals surface area (Å²) in [7, 11) is -16.4. The Morgan fingerprint density at radius 1 is 0.785 bits per heavy atom. The number of hydrogen-bond donors (Lipinski definition) is 9. The molecule has 28 heteroatoms. The summed E-state index contributed by atoms with van der Waals surface area (Å²) in [4.78, 5) is 88.6. The summed E-state index contributed by atoms with van der Waals surface area (Å²) in [6.07, 6.45) is 36.5. The van der Waals surface area contributed by atoms with Crippen LogP contribution in [0.5, 0.6) is 0 Å². The normalized spacial score (nSPS) is 19.5. The number of carbonyl (C=O) groups is 3. The number of phosphoric ester groups is 3. The zero-order valence-electron chi connectivity index (χ0n) is 45.3. The predicted octanol–water partition coefficient (Wildman–Crippen LogP) is 8.26. The Balaban J connectivity index is 1.20. The fourth-order valence-electron chi connectivity index (χ4n) is 7.64. The van der Waals surface area contributed by atoms with Crippen LogP contribution in [0.3, 0.4) is 0 Å². The topological polar surface area (TPSA) is 364 Å². The van der Waals surface area contributed by atoms with Crippen molar-refractivity contribution in [3.05, 3.63) is 85.6 Å². The first kappa shape index (κ1) is 69.3. The highest BCUT2D eigenvalue weighted by Crippen LogP contribution is 2.61. The summed E-state index contributed by atoms with van der Waals surface area (Å²) in [6.45, 7) is 2.65. The number of imidazole rings is 1. The highest BCUT2D eigenvalue weighted by Gasteiger charge is 2.50. The van der Waals surface area contributed by atoms with Crippen LogP contribution in [0.2, 0.25) is 0 Å². The molecule has 1 aliphatic heterocycles. The van der Waals surface area contributed by atoms with Gasteiger partial charge in [-0.05, 0) is 63.9 Å². The number of anilines is 1. The second-order valence-corrected chi connectivity index (χ2v) is 24.4. The van der Waals surface area contributed by atoms with Crippen LogP contribution in [-0.2, 0) is 50.7 Å². The van der Waals surface area contributed by atoms with Crippen molar-refractivity contribution in [1.82, 2.24) is 30.2 Å². The average molecular weight is 1190 g/mol. The van der Waals surface area contributed by atoms with Crippen LogP contribution < -0.4 is 16.4 Å². The van der Waals surface area contributed by atoms with Crippen LogP contribution in [-0.4, -0.2) is 123 Å². The van der Waals surface area contributed by atoms with E-state index in [1.54, 1.807) is 6.08 Å². The molecule has 1 aliphatic rings. The van der Waals surface area contributed by atoms with Gasteiger partial charge in [0.25, 0.3) is 0 Å². The van der Waals surface area contributed by atoms with E-state index in [4.69, 9.17) is 19.5 Å². The molecule has 0 radical (unpaired) electrons. The largest absolute Gasteiger partial charge is 0.481 e. The van der Waals surface area contributed by atoms with Crippen LogP contribution in [0.25, 0.3) is 11.2 Å². The smallest absolute Gasteiger partial charge is 0.386 e. The molecule has 3 heterocycles. The fraction of sp³-hybridized carbons (Fsp3) is 0.608. The van der Waals surface area contributed by atoms with Crippen molar-refractivity contribution >= 4 is 69.1 Å². The van der Waals surface area contributed by atoms with Crippen molar-refractivity contribution in [2.45, 2.75) is 161 Å². The second-order valence-electron chi connectivity index (χ2n) is 19.1. The molecule has 2 aromatic rings. The first-order valence-electron chi connectivity index (χ1n) is 26.5. The molecule has 24 nitrogen and oxygen atoms in total. The molecule has 0 aromatic carbocycles. The lowest BCUT2D eigenvalue weighted by atomic mass is 9.87. The lowest BCUT2D eigenvalue weighted by molar-refractivity contribution is -0.137. The van der Waals surface area contributed by atoms with Crippen molar-refractivity contribution in [2.24, 2.45) is 5.41 Å². The molecule has 3 rings (SSSR count). The van der Waals surface area contributed by atoms with E-state index < -0.39 is 84.6 Å². The Morgan fingerprint density at radius 3 is 1.94 bits per heavy atom. The minimum absolute atomic E-state index is 0.0309. The number of nitrogens with one attached hydrogen (secondary N) is 2. The number of allylic oxidation sites excluding steroid dienone is 11. The molecule has 1 fully saturated rings. The summed E-state index contributed by atoms with van der Waals surface area (Å²) >= 11 is 1.07. The molecular formula is C51H82N7O17P3S. The third-order valence-electron chi connectivity index (χ3n) is 11.9. The van der Waals surface area contributed by atoms with Crippen LogP contribution in [0.4, 0.5) is 5.82 Å². The lowest BCUT2D eigenvalue weighted by Gasteiger charge is -2.30. The Kier molecular flexibility index (Phi) is 32.6. The van der Waals surface area contributed by atoms with E-state index in [-0.39, 0.29) is 41.6 Å². The second kappa shape index (κ2) is 37.2. The molecular weight excluding hydrogens is 1110 g/mol. The van der Waals surface area contributed by atoms with Gasteiger partial charge in [-0.1, -0.05) is 144 Å². The highest BCUT2D eigenvalue weighted by molar-refractivity contribution is 8.14. The van der Waals surface area contributed by atoms with Gasteiger partial charge in [0.05, 0.1) is 19.5 Å². The number of ether oxygens (including phenoxy) is 1. The molecule has 79 heavy (non-hydrogen) atoms. The maximum Gasteiger partial charge on any atom is 0.481 e. The van der Waals surface area contributed by atoms with Gasteiger partial charge in [-0.15, -0.1) is 0 Å². The van der Waals surface area contributed by atoms with E-state index >= 15 is 0 Å². The van der Waals surface area contributed by atoms with Crippen LogP contribution in [0.15, 0.2) is 85.6 Å². The number of nitrogens with zero attached hydrogens (tertiary/aromatic N) is 4. The van der Waals surface area contributed by atoms with Gasteiger partial charge in [0, 0.05) is 30.7 Å². The molecule has 2 aromatic heterocycles. The predicted molar refractivity (Wildman–Crippen MR) is 301 cm³/mol. The number of aromatic nitrogens is 4. The number of amides is 2. The lowest BCUT2D eigenvalue weighted by Crippen LogP contribution is -2.46. The maximum atomic E-state index is 12.8. The molecule has 1 saturated heterocycles. The number of aliphatic hydroxyl groups excluding tert-OH is 2. The number of rotatable bonds is 41. The molecule has 0 bridgehead atoms. The Morgan fingerprint density at radius 2 is 1.34 bits per heavy atom. The Bertz CT molecular complexity index is 2500. The van der Waals surface area contributed by atoms with Crippen LogP contribution >= 0.6 is 35.2 Å². The minimum Gasteiger partial charge on any atom is -0.386 e.